The molecular formula is C18H18BrN5O. The molecule has 0 unspecified atom stereocenters. The molecule has 6 nitrogen and oxygen atoms in total. The molecule has 7 heteroatoms. The summed E-state index contributed by atoms with van der Waals surface area (Å²) in [7, 11) is 3.84. The van der Waals surface area contributed by atoms with Gasteiger partial charge in [-0.1, -0.05) is 15.9 Å². The topological polar surface area (TPSA) is 63.1 Å². The maximum absolute atomic E-state index is 12.7. The smallest absolute Gasteiger partial charge is 0.259 e. The molecule has 0 saturated heterocycles. The lowest BCUT2D eigenvalue weighted by molar-refractivity contribution is 0.102. The maximum atomic E-state index is 12.7. The minimum atomic E-state index is -0.197. The molecule has 0 aliphatic heterocycles. The number of carbonyl (C=O) groups excluding carboxylic acids is 1. The second-order valence-corrected chi connectivity index (χ2v) is 6.56. The van der Waals surface area contributed by atoms with Crippen LogP contribution < -0.4 is 10.2 Å². The minimum absolute atomic E-state index is 0.197. The first-order valence-electron chi connectivity index (χ1n) is 7.74. The highest BCUT2D eigenvalue weighted by Crippen LogP contribution is 2.20. The number of aromatic nitrogens is 3. The van der Waals surface area contributed by atoms with E-state index in [1.807, 2.05) is 54.0 Å². The van der Waals surface area contributed by atoms with Crippen LogP contribution in [0.25, 0.3) is 0 Å². The number of aryl methyl sites for hydroxylation is 1. The number of pyridine rings is 1. The summed E-state index contributed by atoms with van der Waals surface area (Å²) in [6, 6.07) is 11.0. The highest BCUT2D eigenvalue weighted by atomic mass is 79.9. The van der Waals surface area contributed by atoms with Gasteiger partial charge in [0.1, 0.15) is 11.6 Å². The molecule has 0 atom stereocenters. The van der Waals surface area contributed by atoms with E-state index < -0.39 is 0 Å². The summed E-state index contributed by atoms with van der Waals surface area (Å²) in [6.45, 7) is 0.555. The van der Waals surface area contributed by atoms with Gasteiger partial charge < -0.3 is 14.8 Å². The number of nitrogens with zero attached hydrogens (tertiary/aromatic N) is 4. The molecule has 1 N–H and O–H groups in total. The molecule has 0 aliphatic rings. The fraction of sp³-hybridized carbons (Fsp3) is 0.167. The van der Waals surface area contributed by atoms with Crippen molar-refractivity contribution < 1.29 is 4.79 Å². The van der Waals surface area contributed by atoms with Crippen molar-refractivity contribution in [1.82, 2.24) is 14.5 Å². The van der Waals surface area contributed by atoms with Gasteiger partial charge in [0.15, 0.2) is 0 Å². The second kappa shape index (κ2) is 7.48. The molecule has 1 amide bonds. The molecule has 128 valence electrons. The van der Waals surface area contributed by atoms with E-state index in [4.69, 9.17) is 0 Å². The average Bonchev–Trinajstić information content (AvgIpc) is 3.01. The Morgan fingerprint density at radius 1 is 1.20 bits per heavy atom. The van der Waals surface area contributed by atoms with Crippen molar-refractivity contribution in [3.05, 3.63) is 70.8 Å². The molecule has 0 bridgehead atoms. The van der Waals surface area contributed by atoms with Crippen LogP contribution in [0.2, 0.25) is 0 Å². The monoisotopic (exact) mass is 399 g/mol. The lowest BCUT2D eigenvalue weighted by Gasteiger charge is -2.20. The van der Waals surface area contributed by atoms with Gasteiger partial charge in [-0.25, -0.2) is 9.97 Å². The van der Waals surface area contributed by atoms with Crippen LogP contribution >= 0.6 is 15.9 Å². The number of hydrogen-bond acceptors (Lipinski definition) is 4. The number of hydrogen-bond donors (Lipinski definition) is 1. The van der Waals surface area contributed by atoms with Crippen molar-refractivity contribution >= 4 is 33.3 Å². The maximum Gasteiger partial charge on any atom is 0.259 e. The van der Waals surface area contributed by atoms with Gasteiger partial charge >= 0.3 is 0 Å². The molecule has 0 radical (unpaired) electrons. The van der Waals surface area contributed by atoms with Crippen molar-refractivity contribution in [2.24, 2.45) is 7.05 Å². The number of anilines is 2. The van der Waals surface area contributed by atoms with Gasteiger partial charge in [-0.15, -0.1) is 0 Å². The zero-order valence-corrected chi connectivity index (χ0v) is 15.6. The summed E-state index contributed by atoms with van der Waals surface area (Å²) in [5, 5.41) is 2.90. The molecule has 2 aromatic heterocycles. The van der Waals surface area contributed by atoms with Crippen LogP contribution in [0.15, 0.2) is 59.5 Å². The summed E-state index contributed by atoms with van der Waals surface area (Å²) in [5.41, 5.74) is 1.25. The van der Waals surface area contributed by atoms with E-state index in [1.165, 1.54) is 0 Å². The summed E-state index contributed by atoms with van der Waals surface area (Å²) >= 11 is 3.38. The van der Waals surface area contributed by atoms with Crippen LogP contribution in [0.5, 0.6) is 0 Å². The number of rotatable bonds is 5. The quantitative estimate of drug-likeness (QED) is 0.713. The molecule has 3 rings (SSSR count). The third-order valence-corrected chi connectivity index (χ3v) is 4.32. The van der Waals surface area contributed by atoms with E-state index in [0.717, 1.165) is 16.0 Å². The van der Waals surface area contributed by atoms with Gasteiger partial charge in [0.05, 0.1) is 12.1 Å². The van der Waals surface area contributed by atoms with E-state index in [1.54, 1.807) is 24.5 Å². The van der Waals surface area contributed by atoms with Gasteiger partial charge in [-0.2, -0.15) is 0 Å². The zero-order valence-electron chi connectivity index (χ0n) is 14.0. The van der Waals surface area contributed by atoms with E-state index in [9.17, 15) is 4.79 Å². The van der Waals surface area contributed by atoms with Crippen LogP contribution in [0.3, 0.4) is 0 Å². The first-order chi connectivity index (χ1) is 12.0. The summed E-state index contributed by atoms with van der Waals surface area (Å²) in [6.07, 6.45) is 5.33. The van der Waals surface area contributed by atoms with Gasteiger partial charge in [0, 0.05) is 42.8 Å². The first kappa shape index (κ1) is 17.2. The zero-order chi connectivity index (χ0) is 17.8. The Morgan fingerprint density at radius 2 is 1.96 bits per heavy atom. The third-order valence-electron chi connectivity index (χ3n) is 3.79. The van der Waals surface area contributed by atoms with Crippen molar-refractivity contribution in [1.29, 1.82) is 0 Å². The van der Waals surface area contributed by atoms with E-state index in [-0.39, 0.29) is 5.91 Å². The Hall–Kier alpha value is -2.67. The number of nitrogens with one attached hydrogen (secondary N) is 1. The Bertz CT molecular complexity index is 875. The first-order valence-corrected chi connectivity index (χ1v) is 8.53. The number of carbonyl (C=O) groups is 1. The van der Waals surface area contributed by atoms with E-state index in [0.29, 0.717) is 17.9 Å². The van der Waals surface area contributed by atoms with Gasteiger partial charge in [-0.05, 0) is 36.4 Å². The normalized spacial score (nSPS) is 10.5. The van der Waals surface area contributed by atoms with Crippen molar-refractivity contribution in [3.63, 3.8) is 0 Å². The van der Waals surface area contributed by atoms with Crippen molar-refractivity contribution in [2.75, 3.05) is 17.3 Å². The van der Waals surface area contributed by atoms with Gasteiger partial charge in [-0.3, -0.25) is 4.79 Å². The van der Waals surface area contributed by atoms with Crippen LogP contribution in [-0.2, 0) is 13.6 Å². The predicted octanol–water partition coefficient (Wildman–Crippen LogP) is 3.47. The van der Waals surface area contributed by atoms with Crippen molar-refractivity contribution in [2.45, 2.75) is 6.54 Å². The standard InChI is InChI=1S/C18H18BrN5O/c1-23-11-10-20-16(23)12-24(2)17-15(4-3-9-21-17)18(25)22-14-7-5-13(19)6-8-14/h3-11H,12H2,1-2H3,(H,22,25). The fourth-order valence-corrected chi connectivity index (χ4v) is 2.71. The number of amides is 1. The largest absolute Gasteiger partial charge is 0.352 e. The molecule has 0 saturated carbocycles. The molecule has 0 aliphatic carbocycles. The minimum Gasteiger partial charge on any atom is -0.352 e. The molecule has 1 aromatic carbocycles. The Morgan fingerprint density at radius 3 is 2.64 bits per heavy atom. The van der Waals surface area contributed by atoms with Gasteiger partial charge in [0.2, 0.25) is 0 Å². The Kier molecular flexibility index (Phi) is 5.14. The molecule has 3 aromatic rings. The van der Waals surface area contributed by atoms with Crippen LogP contribution in [0, 0.1) is 0 Å². The highest BCUT2D eigenvalue weighted by Gasteiger charge is 2.17. The van der Waals surface area contributed by atoms with E-state index >= 15 is 0 Å². The van der Waals surface area contributed by atoms with Crippen LogP contribution in [-0.4, -0.2) is 27.5 Å². The third kappa shape index (κ3) is 4.06. The fourth-order valence-electron chi connectivity index (χ4n) is 2.45. The summed E-state index contributed by atoms with van der Waals surface area (Å²) in [4.78, 5) is 23.3. The number of benzene rings is 1. The van der Waals surface area contributed by atoms with Gasteiger partial charge in [0.25, 0.3) is 5.91 Å². The molecule has 0 spiro atoms. The highest BCUT2D eigenvalue weighted by molar-refractivity contribution is 9.10. The van der Waals surface area contributed by atoms with Crippen molar-refractivity contribution in [3.8, 4) is 0 Å². The number of halogens is 1. The van der Waals surface area contributed by atoms with Crippen LogP contribution in [0.1, 0.15) is 16.2 Å². The molecule has 2 heterocycles. The average molecular weight is 400 g/mol. The Balaban J connectivity index is 1.81. The van der Waals surface area contributed by atoms with Crippen LogP contribution in [0.4, 0.5) is 11.5 Å². The Labute approximate surface area is 154 Å². The molecule has 0 fully saturated rings. The van der Waals surface area contributed by atoms with E-state index in [2.05, 4.69) is 31.2 Å². The molecular weight excluding hydrogens is 382 g/mol. The SMILES string of the molecule is CN(Cc1nccn1C)c1ncccc1C(=O)Nc1ccc(Br)cc1. The number of imidazole rings is 1. The molecule has 25 heavy (non-hydrogen) atoms. The predicted molar refractivity (Wildman–Crippen MR) is 102 cm³/mol. The lowest BCUT2D eigenvalue weighted by Crippen LogP contribution is -2.24. The second-order valence-electron chi connectivity index (χ2n) is 5.65. The summed E-state index contributed by atoms with van der Waals surface area (Å²) < 4.78 is 2.91. The lowest BCUT2D eigenvalue weighted by atomic mass is 10.2. The summed E-state index contributed by atoms with van der Waals surface area (Å²) in [5.74, 6) is 1.31.